The molecule has 0 aliphatic heterocycles. The lowest BCUT2D eigenvalue weighted by Gasteiger charge is -2.21. The third kappa shape index (κ3) is 2.98. The molecule has 1 amide bonds. The van der Waals surface area contributed by atoms with Crippen LogP contribution in [0.3, 0.4) is 0 Å². The molecule has 0 spiro atoms. The van der Waals surface area contributed by atoms with Gasteiger partial charge in [0.2, 0.25) is 5.91 Å². The van der Waals surface area contributed by atoms with Gasteiger partial charge in [-0.25, -0.2) is 0 Å². The summed E-state index contributed by atoms with van der Waals surface area (Å²) < 4.78 is 0. The molecule has 0 saturated carbocycles. The minimum absolute atomic E-state index is 0.143. The van der Waals surface area contributed by atoms with Crippen LogP contribution in [0.25, 0.3) is 0 Å². The average Bonchev–Trinajstić information content (AvgIpc) is 2.46. The summed E-state index contributed by atoms with van der Waals surface area (Å²) in [6.07, 6.45) is 3.30. The largest absolute Gasteiger partial charge is 0.316 e. The molecule has 0 fully saturated rings. The lowest BCUT2D eigenvalue weighted by Crippen LogP contribution is -2.35. The van der Waals surface area contributed by atoms with Gasteiger partial charge in [0.1, 0.15) is 6.04 Å². The summed E-state index contributed by atoms with van der Waals surface area (Å²) >= 11 is 0. The Bertz CT molecular complexity index is 551. The summed E-state index contributed by atoms with van der Waals surface area (Å²) in [6, 6.07) is 10.6. The number of anilines is 1. The molecule has 0 radical (unpaired) electrons. The molecule has 4 heteroatoms. The van der Waals surface area contributed by atoms with E-state index in [1.807, 2.05) is 31.2 Å². The number of pyridine rings is 1. The van der Waals surface area contributed by atoms with Crippen molar-refractivity contribution in [2.45, 2.75) is 13.0 Å². The van der Waals surface area contributed by atoms with Crippen LogP contribution in [-0.4, -0.2) is 17.9 Å². The van der Waals surface area contributed by atoms with Crippen LogP contribution in [0.15, 0.2) is 48.8 Å². The Morgan fingerprint density at radius 1 is 1.16 bits per heavy atom. The summed E-state index contributed by atoms with van der Waals surface area (Å²) in [5, 5.41) is 0. The van der Waals surface area contributed by atoms with Gasteiger partial charge in [-0.05, 0) is 24.6 Å². The zero-order valence-corrected chi connectivity index (χ0v) is 11.1. The number of carbonyl (C=O) groups excluding carboxylic acids is 1. The Labute approximate surface area is 112 Å². The number of aromatic nitrogens is 1. The van der Waals surface area contributed by atoms with Crippen molar-refractivity contribution in [1.82, 2.24) is 4.98 Å². The fourth-order valence-electron chi connectivity index (χ4n) is 1.82. The summed E-state index contributed by atoms with van der Waals surface area (Å²) in [7, 11) is 1.71. The van der Waals surface area contributed by atoms with Crippen LogP contribution in [0.1, 0.15) is 17.2 Å². The molecule has 4 nitrogen and oxygen atoms in total. The monoisotopic (exact) mass is 255 g/mol. The number of benzene rings is 1. The molecule has 1 atom stereocenters. The molecule has 1 unspecified atom stereocenters. The van der Waals surface area contributed by atoms with E-state index >= 15 is 0 Å². The predicted octanol–water partition coefficient (Wildman–Crippen LogP) is 2.05. The Hall–Kier alpha value is -2.20. The highest BCUT2D eigenvalue weighted by Crippen LogP contribution is 2.18. The summed E-state index contributed by atoms with van der Waals surface area (Å²) in [4.78, 5) is 17.8. The van der Waals surface area contributed by atoms with Crippen molar-refractivity contribution in [2.24, 2.45) is 5.73 Å². The van der Waals surface area contributed by atoms with Gasteiger partial charge in [-0.2, -0.15) is 0 Å². The zero-order valence-electron chi connectivity index (χ0n) is 11.1. The molecule has 0 aliphatic carbocycles. The van der Waals surface area contributed by atoms with Crippen LogP contribution >= 0.6 is 0 Å². The highest BCUT2D eigenvalue weighted by atomic mass is 16.2. The van der Waals surface area contributed by atoms with E-state index in [1.165, 1.54) is 0 Å². The molecule has 2 aromatic rings. The molecule has 1 heterocycles. The quantitative estimate of drug-likeness (QED) is 0.913. The molecule has 2 rings (SSSR count). The second kappa shape index (κ2) is 5.63. The van der Waals surface area contributed by atoms with Crippen LogP contribution in [0.5, 0.6) is 0 Å². The molecule has 19 heavy (non-hydrogen) atoms. The number of hydrogen-bond acceptors (Lipinski definition) is 3. The second-order valence-corrected chi connectivity index (χ2v) is 4.49. The number of rotatable bonds is 3. The minimum Gasteiger partial charge on any atom is -0.316 e. The topological polar surface area (TPSA) is 59.2 Å². The first-order chi connectivity index (χ1) is 9.09. The van der Waals surface area contributed by atoms with Crippen molar-refractivity contribution in [3.05, 3.63) is 59.9 Å². The molecular formula is C15H17N3O. The highest BCUT2D eigenvalue weighted by molar-refractivity contribution is 5.97. The van der Waals surface area contributed by atoms with E-state index in [1.54, 1.807) is 36.5 Å². The maximum atomic E-state index is 12.3. The van der Waals surface area contributed by atoms with Gasteiger partial charge in [-0.15, -0.1) is 0 Å². The first-order valence-electron chi connectivity index (χ1n) is 6.09. The standard InChI is InChI=1S/C15H17N3O/c1-11-3-5-12(6-4-11)14(16)15(19)18(2)13-7-9-17-10-8-13/h3-10,14H,16H2,1-2H3. The fraction of sp³-hybridized carbons (Fsp3) is 0.200. The Kier molecular flexibility index (Phi) is 3.92. The molecule has 98 valence electrons. The Morgan fingerprint density at radius 2 is 1.74 bits per heavy atom. The second-order valence-electron chi connectivity index (χ2n) is 4.49. The molecular weight excluding hydrogens is 238 g/mol. The van der Waals surface area contributed by atoms with Crippen LogP contribution in [-0.2, 0) is 4.79 Å². The Morgan fingerprint density at radius 3 is 2.32 bits per heavy atom. The van der Waals surface area contributed by atoms with Gasteiger partial charge in [-0.3, -0.25) is 9.78 Å². The van der Waals surface area contributed by atoms with Crippen molar-refractivity contribution in [3.63, 3.8) is 0 Å². The van der Waals surface area contributed by atoms with Crippen LogP contribution < -0.4 is 10.6 Å². The van der Waals surface area contributed by atoms with E-state index in [0.717, 1.165) is 16.8 Å². The summed E-state index contributed by atoms with van der Waals surface area (Å²) in [6.45, 7) is 2.00. The van der Waals surface area contributed by atoms with Crippen molar-refractivity contribution < 1.29 is 4.79 Å². The number of aryl methyl sites for hydroxylation is 1. The van der Waals surface area contributed by atoms with Crippen molar-refractivity contribution in [1.29, 1.82) is 0 Å². The van der Waals surface area contributed by atoms with Gasteiger partial charge in [-0.1, -0.05) is 29.8 Å². The molecule has 2 N–H and O–H groups in total. The molecule has 1 aromatic carbocycles. The first-order valence-corrected chi connectivity index (χ1v) is 6.09. The van der Waals surface area contributed by atoms with E-state index in [-0.39, 0.29) is 5.91 Å². The van der Waals surface area contributed by atoms with Crippen molar-refractivity contribution in [3.8, 4) is 0 Å². The van der Waals surface area contributed by atoms with E-state index in [4.69, 9.17) is 5.73 Å². The lowest BCUT2D eigenvalue weighted by atomic mass is 10.0. The SMILES string of the molecule is Cc1ccc(C(N)C(=O)N(C)c2ccncc2)cc1. The Balaban J connectivity index is 2.17. The summed E-state index contributed by atoms with van der Waals surface area (Å²) in [5.74, 6) is -0.143. The van der Waals surface area contributed by atoms with Gasteiger partial charge in [0.05, 0.1) is 0 Å². The number of hydrogen-bond donors (Lipinski definition) is 1. The maximum absolute atomic E-state index is 12.3. The van der Waals surface area contributed by atoms with Crippen LogP contribution in [0.4, 0.5) is 5.69 Å². The third-order valence-electron chi connectivity index (χ3n) is 3.08. The molecule has 1 aromatic heterocycles. The number of carbonyl (C=O) groups is 1. The minimum atomic E-state index is -0.654. The van der Waals surface area contributed by atoms with Crippen LogP contribution in [0.2, 0.25) is 0 Å². The predicted molar refractivity (Wildman–Crippen MR) is 75.8 cm³/mol. The summed E-state index contributed by atoms with van der Waals surface area (Å²) in [5.41, 5.74) is 8.76. The average molecular weight is 255 g/mol. The number of amides is 1. The molecule has 0 saturated heterocycles. The number of likely N-dealkylation sites (N-methyl/N-ethyl adjacent to an activating group) is 1. The zero-order chi connectivity index (χ0) is 13.8. The number of nitrogens with zero attached hydrogens (tertiary/aromatic N) is 2. The normalized spacial score (nSPS) is 11.9. The lowest BCUT2D eigenvalue weighted by molar-refractivity contribution is -0.119. The van der Waals surface area contributed by atoms with E-state index in [0.29, 0.717) is 0 Å². The van der Waals surface area contributed by atoms with Crippen LogP contribution in [0, 0.1) is 6.92 Å². The van der Waals surface area contributed by atoms with Gasteiger partial charge >= 0.3 is 0 Å². The van der Waals surface area contributed by atoms with Gasteiger partial charge in [0.15, 0.2) is 0 Å². The maximum Gasteiger partial charge on any atom is 0.248 e. The number of nitrogens with two attached hydrogens (primary N) is 1. The first kappa shape index (κ1) is 13.2. The van der Waals surface area contributed by atoms with Gasteiger partial charge in [0, 0.05) is 25.1 Å². The van der Waals surface area contributed by atoms with Crippen molar-refractivity contribution in [2.75, 3.05) is 11.9 Å². The molecule has 0 bridgehead atoms. The van der Waals surface area contributed by atoms with Crippen molar-refractivity contribution >= 4 is 11.6 Å². The highest BCUT2D eigenvalue weighted by Gasteiger charge is 2.20. The fourth-order valence-corrected chi connectivity index (χ4v) is 1.82. The smallest absolute Gasteiger partial charge is 0.248 e. The van der Waals surface area contributed by atoms with E-state index in [2.05, 4.69) is 4.98 Å². The van der Waals surface area contributed by atoms with Gasteiger partial charge < -0.3 is 10.6 Å². The van der Waals surface area contributed by atoms with E-state index in [9.17, 15) is 4.79 Å². The van der Waals surface area contributed by atoms with E-state index < -0.39 is 6.04 Å². The third-order valence-corrected chi connectivity index (χ3v) is 3.08. The molecule has 0 aliphatic rings. The van der Waals surface area contributed by atoms with Gasteiger partial charge in [0.25, 0.3) is 0 Å².